The molecule has 0 amide bonds. The fourth-order valence-corrected chi connectivity index (χ4v) is 6.19. The molecule has 1 aromatic carbocycles. The zero-order valence-corrected chi connectivity index (χ0v) is 28.3. The second-order valence-electron chi connectivity index (χ2n) is 12.5. The van der Waals surface area contributed by atoms with Gasteiger partial charge in [0.05, 0.1) is 16.3 Å². The first kappa shape index (κ1) is 35.2. The van der Waals surface area contributed by atoms with Gasteiger partial charge in [-0.2, -0.15) is 0 Å². The van der Waals surface area contributed by atoms with Crippen molar-refractivity contribution in [3.05, 3.63) is 63.2 Å². The van der Waals surface area contributed by atoms with Crippen LogP contribution < -0.4 is 0 Å². The van der Waals surface area contributed by atoms with Gasteiger partial charge in [0.1, 0.15) is 5.84 Å². The Kier molecular flexibility index (Phi) is 14.2. The molecule has 1 heterocycles. The van der Waals surface area contributed by atoms with Crippen LogP contribution in [0, 0.1) is 12.8 Å². The molecule has 41 heavy (non-hydrogen) atoms. The number of halogens is 1. The van der Waals surface area contributed by atoms with Crippen molar-refractivity contribution in [2.75, 3.05) is 26.7 Å². The highest BCUT2D eigenvalue weighted by Crippen LogP contribution is 2.38. The molecule has 1 aromatic rings. The molecule has 4 nitrogen and oxygen atoms in total. The topological polar surface area (TPSA) is 48.2 Å². The summed E-state index contributed by atoms with van der Waals surface area (Å²) in [5, 5.41) is 11.0. The second-order valence-corrected chi connectivity index (χ2v) is 13.0. The Morgan fingerprint density at radius 3 is 2.29 bits per heavy atom. The quantitative estimate of drug-likeness (QED) is 0.152. The Hall–Kier alpha value is -2.01. The third kappa shape index (κ3) is 10.6. The first-order valence-corrected chi connectivity index (χ1v) is 16.1. The molecule has 0 aromatic heterocycles. The first-order chi connectivity index (χ1) is 19.3. The maximum atomic E-state index is 10.3. The fourth-order valence-electron chi connectivity index (χ4n) is 5.94. The van der Waals surface area contributed by atoms with Gasteiger partial charge < -0.3 is 10.0 Å². The minimum atomic E-state index is -0.649. The highest BCUT2D eigenvalue weighted by atomic mass is 35.5. The van der Waals surface area contributed by atoms with Crippen LogP contribution in [0.25, 0.3) is 5.57 Å². The number of amidine groups is 1. The predicted octanol–water partition coefficient (Wildman–Crippen LogP) is 9.51. The van der Waals surface area contributed by atoms with Crippen LogP contribution in [0.4, 0.5) is 0 Å². The minimum Gasteiger partial charge on any atom is -0.389 e. The van der Waals surface area contributed by atoms with Crippen molar-refractivity contribution in [2.24, 2.45) is 15.9 Å². The van der Waals surface area contributed by atoms with Crippen molar-refractivity contribution in [3.63, 3.8) is 0 Å². The summed E-state index contributed by atoms with van der Waals surface area (Å²) in [7, 11) is 1.77. The molecule has 0 bridgehead atoms. The van der Waals surface area contributed by atoms with E-state index in [1.807, 2.05) is 20.8 Å². The van der Waals surface area contributed by atoms with Crippen LogP contribution in [0.3, 0.4) is 0 Å². The van der Waals surface area contributed by atoms with E-state index >= 15 is 0 Å². The van der Waals surface area contributed by atoms with E-state index in [0.717, 1.165) is 69.7 Å². The van der Waals surface area contributed by atoms with Gasteiger partial charge in [-0.25, -0.2) is 4.99 Å². The molecule has 1 N–H and O–H groups in total. The van der Waals surface area contributed by atoms with Gasteiger partial charge in [-0.05, 0) is 125 Å². The molecular formula is C36H56ClN3O. The van der Waals surface area contributed by atoms with Gasteiger partial charge in [-0.1, -0.05) is 76.4 Å². The maximum absolute atomic E-state index is 10.3. The van der Waals surface area contributed by atoms with Crippen molar-refractivity contribution in [3.8, 4) is 0 Å². The normalized spacial score (nSPS) is 17.9. The van der Waals surface area contributed by atoms with Crippen LogP contribution in [-0.4, -0.2) is 53.8 Å². The molecular weight excluding hydrogens is 526 g/mol. The number of hydrogen-bond donors (Lipinski definition) is 1. The number of aryl methyl sites for hydroxylation is 1. The number of β-amino-alcohol motifs (C(OH)–C–C–N with tert-alkyl or cyclic N) is 1. The Morgan fingerprint density at radius 1 is 1.15 bits per heavy atom. The van der Waals surface area contributed by atoms with E-state index in [1.165, 1.54) is 33.4 Å². The molecule has 0 atom stereocenters. The Balaban J connectivity index is 2.57. The van der Waals surface area contributed by atoms with E-state index in [4.69, 9.17) is 16.6 Å². The molecule has 5 heteroatoms. The smallest absolute Gasteiger partial charge is 0.120 e. The van der Waals surface area contributed by atoms with E-state index in [1.54, 1.807) is 7.05 Å². The van der Waals surface area contributed by atoms with Crippen LogP contribution in [-0.2, 0) is 0 Å². The molecule has 0 radical (unpaired) electrons. The zero-order valence-electron chi connectivity index (χ0n) is 27.6. The Labute approximate surface area is 256 Å². The summed E-state index contributed by atoms with van der Waals surface area (Å²) in [5.74, 6) is 1.65. The van der Waals surface area contributed by atoms with Gasteiger partial charge in [0.2, 0.25) is 0 Å². The zero-order chi connectivity index (χ0) is 30.7. The third-order valence-electron chi connectivity index (χ3n) is 7.95. The standard InChI is InChI=1S/C36H56ClN3O/c1-11-14-31(28(13-3)23-33(37)34(15-12-2)39-27(7)38-10)35(25(4)5)32-22-30(17-16-26(32)6)29-18-20-40(21-19-29)24-36(8,9)41/h13,16-17,22-23,25,29,41H,11-12,14-15,18-21,24H2,1-10H3/b28-13+,33-23+,35-31+,38-27?,39-34?. The number of piperidine rings is 1. The van der Waals surface area contributed by atoms with Gasteiger partial charge in [0.15, 0.2) is 0 Å². The number of nitrogens with zero attached hydrogens (tertiary/aromatic N) is 3. The van der Waals surface area contributed by atoms with Crippen molar-refractivity contribution >= 4 is 28.7 Å². The highest BCUT2D eigenvalue weighted by molar-refractivity contribution is 6.44. The summed E-state index contributed by atoms with van der Waals surface area (Å²) in [6.45, 7) is 21.9. The summed E-state index contributed by atoms with van der Waals surface area (Å²) >= 11 is 6.98. The second kappa shape index (κ2) is 16.6. The fraction of sp³-hybridized carbons (Fsp3) is 0.611. The molecule has 1 fully saturated rings. The molecule has 1 saturated heterocycles. The summed E-state index contributed by atoms with van der Waals surface area (Å²) < 4.78 is 0. The van der Waals surface area contributed by atoms with E-state index in [9.17, 15) is 5.11 Å². The van der Waals surface area contributed by atoms with Crippen LogP contribution in [0.1, 0.15) is 117 Å². The van der Waals surface area contributed by atoms with E-state index < -0.39 is 5.60 Å². The predicted molar refractivity (Wildman–Crippen MR) is 182 cm³/mol. The van der Waals surface area contributed by atoms with E-state index in [2.05, 4.69) is 81.8 Å². The number of hydrogen-bond acceptors (Lipinski definition) is 3. The summed E-state index contributed by atoms with van der Waals surface area (Å²) in [6, 6.07) is 7.13. The van der Waals surface area contributed by atoms with Gasteiger partial charge >= 0.3 is 0 Å². The molecule has 0 aliphatic carbocycles. The van der Waals surface area contributed by atoms with Gasteiger partial charge in [-0.3, -0.25) is 4.99 Å². The largest absolute Gasteiger partial charge is 0.389 e. The molecule has 0 spiro atoms. The third-order valence-corrected chi connectivity index (χ3v) is 8.28. The van der Waals surface area contributed by atoms with Crippen molar-refractivity contribution in [1.29, 1.82) is 0 Å². The summed E-state index contributed by atoms with van der Waals surface area (Å²) in [4.78, 5) is 11.4. The van der Waals surface area contributed by atoms with E-state index in [-0.39, 0.29) is 0 Å². The summed E-state index contributed by atoms with van der Waals surface area (Å²) in [5.41, 5.74) is 8.33. The molecule has 2 rings (SSSR count). The lowest BCUT2D eigenvalue weighted by Crippen LogP contribution is -2.42. The average Bonchev–Trinajstić information content (AvgIpc) is 2.91. The van der Waals surface area contributed by atoms with Crippen LogP contribution >= 0.6 is 11.6 Å². The Morgan fingerprint density at radius 2 is 1.78 bits per heavy atom. The monoisotopic (exact) mass is 581 g/mol. The van der Waals surface area contributed by atoms with Crippen molar-refractivity contribution in [2.45, 2.75) is 112 Å². The summed E-state index contributed by atoms with van der Waals surface area (Å²) in [6.07, 6.45) is 10.4. The van der Waals surface area contributed by atoms with Gasteiger partial charge in [0.25, 0.3) is 0 Å². The number of aliphatic hydroxyl groups is 1. The highest BCUT2D eigenvalue weighted by Gasteiger charge is 2.26. The first-order valence-electron chi connectivity index (χ1n) is 15.7. The van der Waals surface area contributed by atoms with Crippen molar-refractivity contribution in [1.82, 2.24) is 4.90 Å². The Bertz CT molecular complexity index is 1160. The number of aliphatic imine (C=N–C) groups is 2. The average molecular weight is 582 g/mol. The maximum Gasteiger partial charge on any atom is 0.120 e. The lowest BCUT2D eigenvalue weighted by molar-refractivity contribution is 0.0282. The molecule has 0 saturated carbocycles. The molecule has 1 aliphatic rings. The van der Waals surface area contributed by atoms with E-state index in [0.29, 0.717) is 16.9 Å². The molecule has 228 valence electrons. The van der Waals surface area contributed by atoms with Gasteiger partial charge in [0, 0.05) is 13.6 Å². The number of rotatable bonds is 12. The van der Waals surface area contributed by atoms with Crippen LogP contribution in [0.15, 0.2) is 56.5 Å². The SMILES string of the molecule is C/C=C(\C=C(\Cl)C(CCC)=NC(C)=NC)C(/CCC)=C(/c1cc(C2CCN(CC(C)(C)O)CC2)ccc1C)C(C)C. The minimum absolute atomic E-state index is 0.361. The molecule has 0 unspecified atom stereocenters. The lowest BCUT2D eigenvalue weighted by Gasteiger charge is -2.35. The lowest BCUT2D eigenvalue weighted by atomic mass is 9.80. The molecule has 1 aliphatic heterocycles. The van der Waals surface area contributed by atoms with Crippen LogP contribution in [0.5, 0.6) is 0 Å². The van der Waals surface area contributed by atoms with Gasteiger partial charge in [-0.15, -0.1) is 0 Å². The van der Waals surface area contributed by atoms with Crippen molar-refractivity contribution < 1.29 is 5.11 Å². The number of allylic oxidation sites excluding steroid dienone is 6. The number of benzene rings is 1. The number of likely N-dealkylation sites (tertiary alicyclic amines) is 1. The van der Waals surface area contributed by atoms with Crippen LogP contribution in [0.2, 0.25) is 0 Å².